The second kappa shape index (κ2) is 5.50. The highest BCUT2D eigenvalue weighted by atomic mass is 32.2. The molecule has 1 nitrogen and oxygen atoms in total. The Balaban J connectivity index is 2.31. The van der Waals surface area contributed by atoms with Crippen LogP contribution in [0.2, 0.25) is 0 Å². The molecule has 1 aliphatic rings. The van der Waals surface area contributed by atoms with Gasteiger partial charge >= 0.3 is 0 Å². The van der Waals surface area contributed by atoms with Crippen LogP contribution in [0.25, 0.3) is 0 Å². The fourth-order valence-electron chi connectivity index (χ4n) is 2.07. The standard InChI is InChI=1S/C14H16FNS/c1-10-4-3-5-13(14(16-10)17-2)11-6-8-12(15)9-7-11/h4,6-9,13H,3,5H2,1-2H3. The summed E-state index contributed by atoms with van der Waals surface area (Å²) in [6.07, 6.45) is 6.29. The first-order valence-electron chi connectivity index (χ1n) is 5.75. The number of hydrogen-bond donors (Lipinski definition) is 0. The third-order valence-electron chi connectivity index (χ3n) is 2.96. The number of thioether (sulfide) groups is 1. The highest BCUT2D eigenvalue weighted by Gasteiger charge is 2.19. The first-order valence-corrected chi connectivity index (χ1v) is 6.98. The second-order valence-electron chi connectivity index (χ2n) is 4.18. The summed E-state index contributed by atoms with van der Waals surface area (Å²) in [6.45, 7) is 2.03. The average Bonchev–Trinajstić information content (AvgIpc) is 2.52. The Bertz CT molecular complexity index is 448. The first-order chi connectivity index (χ1) is 8.20. The Hall–Kier alpha value is -1.09. The van der Waals surface area contributed by atoms with Crippen molar-refractivity contribution in [3.05, 3.63) is 47.4 Å². The van der Waals surface area contributed by atoms with Crippen LogP contribution in [0.5, 0.6) is 0 Å². The third kappa shape index (κ3) is 2.97. The SMILES string of the molecule is CSC1=NC(C)=CCCC1c1ccc(F)cc1. The molecule has 1 heterocycles. The Morgan fingerprint density at radius 2 is 2.00 bits per heavy atom. The fourth-order valence-corrected chi connectivity index (χ4v) is 2.85. The number of hydrogen-bond acceptors (Lipinski definition) is 2. The van der Waals surface area contributed by atoms with Crippen molar-refractivity contribution in [1.82, 2.24) is 0 Å². The van der Waals surface area contributed by atoms with Crippen LogP contribution in [-0.2, 0) is 0 Å². The van der Waals surface area contributed by atoms with Crippen molar-refractivity contribution in [2.24, 2.45) is 4.99 Å². The van der Waals surface area contributed by atoms with Crippen LogP contribution in [0.1, 0.15) is 31.2 Å². The van der Waals surface area contributed by atoms with E-state index in [1.807, 2.05) is 25.3 Å². The molecule has 0 saturated heterocycles. The van der Waals surface area contributed by atoms with Crippen molar-refractivity contribution in [2.45, 2.75) is 25.7 Å². The van der Waals surface area contributed by atoms with E-state index in [1.165, 1.54) is 12.1 Å². The molecule has 1 aromatic rings. The molecule has 1 aromatic carbocycles. The fraction of sp³-hybridized carbons (Fsp3) is 0.357. The molecule has 0 radical (unpaired) electrons. The zero-order valence-electron chi connectivity index (χ0n) is 10.1. The van der Waals surface area contributed by atoms with Gasteiger partial charge in [-0.25, -0.2) is 4.39 Å². The molecule has 0 bridgehead atoms. The number of allylic oxidation sites excluding steroid dienone is 2. The smallest absolute Gasteiger partial charge is 0.123 e. The summed E-state index contributed by atoms with van der Waals surface area (Å²) < 4.78 is 12.9. The minimum absolute atomic E-state index is 0.181. The van der Waals surface area contributed by atoms with Gasteiger partial charge in [0.15, 0.2) is 0 Å². The monoisotopic (exact) mass is 249 g/mol. The third-order valence-corrected chi connectivity index (χ3v) is 3.76. The number of nitrogens with zero attached hydrogens (tertiary/aromatic N) is 1. The van der Waals surface area contributed by atoms with Gasteiger partial charge in [0.2, 0.25) is 0 Å². The van der Waals surface area contributed by atoms with E-state index in [-0.39, 0.29) is 5.82 Å². The van der Waals surface area contributed by atoms with Crippen molar-refractivity contribution in [1.29, 1.82) is 0 Å². The first kappa shape index (κ1) is 12.4. The summed E-state index contributed by atoms with van der Waals surface area (Å²) in [6, 6.07) is 6.79. The summed E-state index contributed by atoms with van der Waals surface area (Å²) >= 11 is 1.69. The zero-order chi connectivity index (χ0) is 12.3. The highest BCUT2D eigenvalue weighted by Crippen LogP contribution is 2.31. The zero-order valence-corrected chi connectivity index (χ0v) is 10.9. The summed E-state index contributed by atoms with van der Waals surface area (Å²) in [4.78, 5) is 4.62. The lowest BCUT2D eigenvalue weighted by molar-refractivity contribution is 0.626. The Labute approximate surface area is 106 Å². The number of rotatable bonds is 1. The molecule has 0 aromatic heterocycles. The molecule has 0 N–H and O–H groups in total. The lowest BCUT2D eigenvalue weighted by Crippen LogP contribution is -2.08. The summed E-state index contributed by atoms with van der Waals surface area (Å²) in [5.41, 5.74) is 2.24. The normalized spacial score (nSPS) is 20.5. The number of aliphatic imine (C=N–C) groups is 1. The van der Waals surface area contributed by atoms with Crippen LogP contribution >= 0.6 is 11.8 Å². The van der Waals surface area contributed by atoms with E-state index >= 15 is 0 Å². The van der Waals surface area contributed by atoms with Crippen LogP contribution in [0.15, 0.2) is 41.0 Å². The maximum Gasteiger partial charge on any atom is 0.123 e. The molecule has 1 atom stereocenters. The predicted octanol–water partition coefficient (Wildman–Crippen LogP) is 4.37. The van der Waals surface area contributed by atoms with E-state index in [2.05, 4.69) is 11.1 Å². The molecule has 1 aliphatic heterocycles. The molecule has 0 aliphatic carbocycles. The molecule has 90 valence electrons. The largest absolute Gasteiger partial charge is 0.251 e. The van der Waals surface area contributed by atoms with Gasteiger partial charge in [-0.1, -0.05) is 18.2 Å². The lowest BCUT2D eigenvalue weighted by Gasteiger charge is -2.16. The summed E-state index contributed by atoms with van der Waals surface area (Å²) in [5, 5.41) is 1.13. The van der Waals surface area contributed by atoms with Crippen LogP contribution in [0.3, 0.4) is 0 Å². The molecule has 3 heteroatoms. The molecule has 0 saturated carbocycles. The van der Waals surface area contributed by atoms with Crippen LogP contribution in [0.4, 0.5) is 4.39 Å². The van der Waals surface area contributed by atoms with E-state index in [9.17, 15) is 4.39 Å². The molecular weight excluding hydrogens is 233 g/mol. The summed E-state index contributed by atoms with van der Waals surface area (Å²) in [7, 11) is 0. The highest BCUT2D eigenvalue weighted by molar-refractivity contribution is 8.13. The van der Waals surface area contributed by atoms with E-state index in [1.54, 1.807) is 11.8 Å². The van der Waals surface area contributed by atoms with Crippen LogP contribution in [0, 0.1) is 5.82 Å². The maximum atomic E-state index is 12.9. The van der Waals surface area contributed by atoms with E-state index in [4.69, 9.17) is 0 Å². The molecule has 1 unspecified atom stereocenters. The maximum absolute atomic E-state index is 12.9. The van der Waals surface area contributed by atoms with Gasteiger partial charge in [0.05, 0.1) is 5.04 Å². The van der Waals surface area contributed by atoms with Crippen molar-refractivity contribution in [3.8, 4) is 0 Å². The number of benzene rings is 1. The van der Waals surface area contributed by atoms with E-state index in [0.29, 0.717) is 5.92 Å². The van der Waals surface area contributed by atoms with E-state index in [0.717, 1.165) is 29.1 Å². The Kier molecular flexibility index (Phi) is 4.00. The van der Waals surface area contributed by atoms with Gasteiger partial charge in [0.1, 0.15) is 5.82 Å². The molecule has 0 fully saturated rings. The van der Waals surface area contributed by atoms with Crippen LogP contribution < -0.4 is 0 Å². The van der Waals surface area contributed by atoms with Crippen molar-refractivity contribution in [3.63, 3.8) is 0 Å². The second-order valence-corrected chi connectivity index (χ2v) is 5.01. The molecule has 17 heavy (non-hydrogen) atoms. The van der Waals surface area contributed by atoms with E-state index < -0.39 is 0 Å². The lowest BCUT2D eigenvalue weighted by atomic mass is 9.95. The molecule has 0 spiro atoms. The topological polar surface area (TPSA) is 12.4 Å². The van der Waals surface area contributed by atoms with Crippen molar-refractivity contribution < 1.29 is 4.39 Å². The van der Waals surface area contributed by atoms with Gasteiger partial charge in [-0.15, -0.1) is 11.8 Å². The van der Waals surface area contributed by atoms with Gasteiger partial charge in [0, 0.05) is 11.6 Å². The Morgan fingerprint density at radius 3 is 2.65 bits per heavy atom. The van der Waals surface area contributed by atoms with Crippen molar-refractivity contribution in [2.75, 3.05) is 6.26 Å². The Morgan fingerprint density at radius 1 is 1.29 bits per heavy atom. The molecule has 2 rings (SSSR count). The summed E-state index contributed by atoms with van der Waals surface area (Å²) in [5.74, 6) is 0.124. The van der Waals surface area contributed by atoms with Crippen LogP contribution in [-0.4, -0.2) is 11.3 Å². The predicted molar refractivity (Wildman–Crippen MR) is 73.1 cm³/mol. The van der Waals surface area contributed by atoms with Gasteiger partial charge in [-0.2, -0.15) is 0 Å². The van der Waals surface area contributed by atoms with Crippen molar-refractivity contribution >= 4 is 16.8 Å². The minimum atomic E-state index is -0.181. The van der Waals surface area contributed by atoms with Gasteiger partial charge in [0.25, 0.3) is 0 Å². The average molecular weight is 249 g/mol. The number of halogens is 1. The molecule has 0 amide bonds. The van der Waals surface area contributed by atoms with Gasteiger partial charge in [-0.3, -0.25) is 4.99 Å². The minimum Gasteiger partial charge on any atom is -0.251 e. The van der Waals surface area contributed by atoms with Gasteiger partial charge in [-0.05, 0) is 43.7 Å². The van der Waals surface area contributed by atoms with Gasteiger partial charge < -0.3 is 0 Å². The quantitative estimate of drug-likeness (QED) is 0.720. The molecular formula is C14H16FNS.